The summed E-state index contributed by atoms with van der Waals surface area (Å²) in [4.78, 5) is 27.0. The molecule has 8 heteroatoms. The van der Waals surface area contributed by atoms with Crippen LogP contribution in [0.25, 0.3) is 0 Å². The summed E-state index contributed by atoms with van der Waals surface area (Å²) < 4.78 is 17.8. The first-order valence-electron chi connectivity index (χ1n) is 9.95. The summed E-state index contributed by atoms with van der Waals surface area (Å²) in [6.45, 7) is 2.58. The highest BCUT2D eigenvalue weighted by molar-refractivity contribution is 5.92. The molecule has 154 valence electrons. The molecular formula is C21H25N3O5. The van der Waals surface area contributed by atoms with Crippen molar-refractivity contribution in [1.82, 2.24) is 14.7 Å². The lowest BCUT2D eigenvalue weighted by Crippen LogP contribution is -2.34. The molecule has 2 aliphatic rings. The quantitative estimate of drug-likeness (QED) is 0.765. The maximum absolute atomic E-state index is 13.2. The molecule has 0 aliphatic carbocycles. The molecule has 1 aromatic carbocycles. The largest absolute Gasteiger partial charge is 0.490 e. The highest BCUT2D eigenvalue weighted by atomic mass is 16.5. The zero-order valence-corrected chi connectivity index (χ0v) is 16.5. The molecule has 29 heavy (non-hydrogen) atoms. The van der Waals surface area contributed by atoms with Crippen LogP contribution >= 0.6 is 0 Å². The number of amides is 1. The van der Waals surface area contributed by atoms with Crippen molar-refractivity contribution in [2.24, 2.45) is 0 Å². The van der Waals surface area contributed by atoms with Crippen LogP contribution in [0, 0.1) is 0 Å². The Balaban J connectivity index is 1.58. The minimum atomic E-state index is -0.250. The number of methoxy groups -OCH3 is 1. The van der Waals surface area contributed by atoms with Crippen molar-refractivity contribution < 1.29 is 19.0 Å². The highest BCUT2D eigenvalue weighted by Gasteiger charge is 2.32. The van der Waals surface area contributed by atoms with Crippen LogP contribution in [0.5, 0.6) is 11.5 Å². The third kappa shape index (κ3) is 4.12. The Kier molecular flexibility index (Phi) is 5.80. The summed E-state index contributed by atoms with van der Waals surface area (Å²) in [6.07, 6.45) is 2.63. The number of aromatic nitrogens is 2. The van der Waals surface area contributed by atoms with Crippen molar-refractivity contribution in [3.8, 4) is 11.5 Å². The number of ether oxygens (including phenoxy) is 3. The SMILES string of the molecule is COCCn1nc(C(=O)N2CCC[C@@H]2c2ccc3c(c2)OCCCO3)ccc1=O. The molecule has 0 radical (unpaired) electrons. The Morgan fingerprint density at radius 1 is 1.17 bits per heavy atom. The molecule has 1 fully saturated rings. The lowest BCUT2D eigenvalue weighted by Gasteiger charge is -2.25. The second-order valence-electron chi connectivity index (χ2n) is 7.19. The number of nitrogens with zero attached hydrogens (tertiary/aromatic N) is 3. The van der Waals surface area contributed by atoms with Gasteiger partial charge in [-0.15, -0.1) is 0 Å². The summed E-state index contributed by atoms with van der Waals surface area (Å²) in [5, 5.41) is 4.25. The second-order valence-corrected chi connectivity index (χ2v) is 7.19. The number of carbonyl (C=O) groups is 1. The van der Waals surface area contributed by atoms with E-state index in [-0.39, 0.29) is 23.2 Å². The van der Waals surface area contributed by atoms with Crippen LogP contribution in [0.3, 0.4) is 0 Å². The van der Waals surface area contributed by atoms with Gasteiger partial charge in [-0.1, -0.05) is 6.07 Å². The van der Waals surface area contributed by atoms with Crippen LogP contribution in [0.15, 0.2) is 35.1 Å². The maximum atomic E-state index is 13.2. The molecule has 2 aromatic rings. The number of hydrogen-bond donors (Lipinski definition) is 0. The van der Waals surface area contributed by atoms with Crippen molar-refractivity contribution in [1.29, 1.82) is 0 Å². The van der Waals surface area contributed by atoms with Crippen LogP contribution in [-0.2, 0) is 11.3 Å². The maximum Gasteiger partial charge on any atom is 0.274 e. The van der Waals surface area contributed by atoms with Gasteiger partial charge in [-0.05, 0) is 36.6 Å². The molecule has 0 spiro atoms. The lowest BCUT2D eigenvalue weighted by atomic mass is 10.0. The molecule has 4 rings (SSSR count). The third-order valence-corrected chi connectivity index (χ3v) is 5.26. The van der Waals surface area contributed by atoms with Crippen molar-refractivity contribution >= 4 is 5.91 Å². The minimum absolute atomic E-state index is 0.0548. The summed E-state index contributed by atoms with van der Waals surface area (Å²) in [5.74, 6) is 1.30. The zero-order valence-electron chi connectivity index (χ0n) is 16.5. The fourth-order valence-corrected chi connectivity index (χ4v) is 3.79. The molecule has 0 saturated carbocycles. The van der Waals surface area contributed by atoms with Gasteiger partial charge in [0.2, 0.25) is 0 Å². The van der Waals surface area contributed by atoms with E-state index < -0.39 is 0 Å². The van der Waals surface area contributed by atoms with Crippen molar-refractivity contribution in [3.05, 3.63) is 51.9 Å². The Bertz CT molecular complexity index is 942. The van der Waals surface area contributed by atoms with E-state index in [1.807, 2.05) is 23.1 Å². The Labute approximate surface area is 169 Å². The van der Waals surface area contributed by atoms with Crippen molar-refractivity contribution in [2.45, 2.75) is 31.8 Å². The van der Waals surface area contributed by atoms with Gasteiger partial charge in [0.05, 0.1) is 32.4 Å². The summed E-state index contributed by atoms with van der Waals surface area (Å²) >= 11 is 0. The molecule has 1 atom stereocenters. The van der Waals surface area contributed by atoms with Crippen LogP contribution in [0.1, 0.15) is 41.4 Å². The van der Waals surface area contributed by atoms with Gasteiger partial charge in [0, 0.05) is 26.1 Å². The second kappa shape index (κ2) is 8.65. The van der Waals surface area contributed by atoms with E-state index in [2.05, 4.69) is 5.10 Å². The Morgan fingerprint density at radius 3 is 2.83 bits per heavy atom. The topological polar surface area (TPSA) is 82.9 Å². The molecule has 1 saturated heterocycles. The standard InChI is InChI=1S/C21H25N3O5/c1-27-13-10-24-20(25)8-6-16(22-24)21(26)23-9-2-4-17(23)15-5-7-18-19(14-15)29-12-3-11-28-18/h5-8,14,17H,2-4,9-13H2,1H3/t17-/m1/s1. The predicted molar refractivity (Wildman–Crippen MR) is 105 cm³/mol. The number of rotatable bonds is 5. The third-order valence-electron chi connectivity index (χ3n) is 5.26. The van der Waals surface area contributed by atoms with Crippen LogP contribution in [0.2, 0.25) is 0 Å². The van der Waals surface area contributed by atoms with E-state index in [0.29, 0.717) is 32.9 Å². The van der Waals surface area contributed by atoms with Crippen LogP contribution in [-0.4, -0.2) is 54.1 Å². The van der Waals surface area contributed by atoms with Crippen molar-refractivity contribution in [3.63, 3.8) is 0 Å². The van der Waals surface area contributed by atoms with Gasteiger partial charge < -0.3 is 19.1 Å². The molecule has 1 aromatic heterocycles. The smallest absolute Gasteiger partial charge is 0.274 e. The Morgan fingerprint density at radius 2 is 2.00 bits per heavy atom. The summed E-state index contributed by atoms with van der Waals surface area (Å²) in [5.41, 5.74) is 1.04. The zero-order chi connectivity index (χ0) is 20.2. The number of carbonyl (C=O) groups excluding carboxylic acids is 1. The molecule has 0 bridgehead atoms. The molecule has 3 heterocycles. The minimum Gasteiger partial charge on any atom is -0.490 e. The van der Waals surface area contributed by atoms with Gasteiger partial charge in [-0.25, -0.2) is 4.68 Å². The average molecular weight is 399 g/mol. The van der Waals surface area contributed by atoms with Gasteiger partial charge in [0.1, 0.15) is 5.69 Å². The monoisotopic (exact) mass is 399 g/mol. The van der Waals surface area contributed by atoms with Gasteiger partial charge in [0.15, 0.2) is 11.5 Å². The van der Waals surface area contributed by atoms with E-state index in [1.54, 1.807) is 7.11 Å². The fourth-order valence-electron chi connectivity index (χ4n) is 3.79. The molecule has 0 N–H and O–H groups in total. The van der Waals surface area contributed by atoms with Crippen molar-refractivity contribution in [2.75, 3.05) is 33.5 Å². The fraction of sp³-hybridized carbons (Fsp3) is 0.476. The lowest BCUT2D eigenvalue weighted by molar-refractivity contribution is 0.0725. The first kappa shape index (κ1) is 19.4. The van der Waals surface area contributed by atoms with E-state index in [4.69, 9.17) is 14.2 Å². The normalized spacial score (nSPS) is 18.5. The predicted octanol–water partition coefficient (Wildman–Crippen LogP) is 2.03. The van der Waals surface area contributed by atoms with Gasteiger partial charge in [-0.2, -0.15) is 5.10 Å². The first-order chi connectivity index (χ1) is 14.2. The number of hydrogen-bond acceptors (Lipinski definition) is 6. The van der Waals surface area contributed by atoms with Gasteiger partial charge >= 0.3 is 0 Å². The highest BCUT2D eigenvalue weighted by Crippen LogP contribution is 2.38. The van der Waals surface area contributed by atoms with Gasteiger partial charge in [-0.3, -0.25) is 9.59 Å². The molecule has 1 amide bonds. The Hall–Kier alpha value is -2.87. The molecule has 0 unspecified atom stereocenters. The van der Waals surface area contributed by atoms with E-state index in [1.165, 1.54) is 16.8 Å². The summed E-state index contributed by atoms with van der Waals surface area (Å²) in [7, 11) is 1.56. The van der Waals surface area contributed by atoms with E-state index in [9.17, 15) is 9.59 Å². The number of likely N-dealkylation sites (tertiary alicyclic amines) is 1. The first-order valence-corrected chi connectivity index (χ1v) is 9.95. The van der Waals surface area contributed by atoms with Crippen LogP contribution < -0.4 is 15.0 Å². The molecular weight excluding hydrogens is 374 g/mol. The van der Waals surface area contributed by atoms with Gasteiger partial charge in [0.25, 0.3) is 11.5 Å². The van der Waals surface area contributed by atoms with E-state index in [0.717, 1.165) is 36.3 Å². The average Bonchev–Trinajstić information content (AvgIpc) is 3.11. The molecule has 8 nitrogen and oxygen atoms in total. The van der Waals surface area contributed by atoms with E-state index >= 15 is 0 Å². The number of benzene rings is 1. The summed E-state index contributed by atoms with van der Waals surface area (Å²) in [6, 6.07) is 8.72. The van der Waals surface area contributed by atoms with Crippen LogP contribution in [0.4, 0.5) is 0 Å². The number of fused-ring (bicyclic) bond motifs is 1. The molecule has 2 aliphatic heterocycles.